The Morgan fingerprint density at radius 3 is 2.43 bits per heavy atom. The maximum Gasteiger partial charge on any atom is 0.433 e. The fraction of sp³-hybridized carbons (Fsp3) is 0.714. The Balaban J connectivity index is 0.000000921. The molecule has 0 spiro atoms. The van der Waals surface area contributed by atoms with Crippen LogP contribution in [0.25, 0.3) is 0 Å². The monoisotopic (exact) mass is 401 g/mol. The average molecular weight is 402 g/mol. The molecule has 0 bridgehead atoms. The number of hydrogen-bond donors (Lipinski definition) is 1. The van der Waals surface area contributed by atoms with Crippen LogP contribution in [0.3, 0.4) is 0 Å². The van der Waals surface area contributed by atoms with Gasteiger partial charge in [0.15, 0.2) is 0 Å². The number of rotatable bonds is 2. The van der Waals surface area contributed by atoms with Gasteiger partial charge in [0.25, 0.3) is 0 Å². The van der Waals surface area contributed by atoms with E-state index in [9.17, 15) is 18.0 Å². The molecule has 2 aliphatic rings. The predicted molar refractivity (Wildman–Crippen MR) is 106 cm³/mol. The summed E-state index contributed by atoms with van der Waals surface area (Å²) < 4.78 is 38.6. The number of fused-ring (bicyclic) bond motifs is 1. The van der Waals surface area contributed by atoms with Gasteiger partial charge in [-0.15, -0.1) is 0 Å². The molecule has 1 saturated carbocycles. The minimum absolute atomic E-state index is 0.0165. The van der Waals surface area contributed by atoms with E-state index in [2.05, 4.69) is 4.98 Å². The second-order valence-electron chi connectivity index (χ2n) is 6.91. The molecule has 1 fully saturated rings. The summed E-state index contributed by atoms with van der Waals surface area (Å²) in [5.74, 6) is 0.0165. The molecule has 1 aromatic heterocycles. The fourth-order valence-electron chi connectivity index (χ4n) is 3.91. The minimum atomic E-state index is -4.47. The van der Waals surface area contributed by atoms with E-state index < -0.39 is 17.3 Å². The Morgan fingerprint density at radius 2 is 1.93 bits per heavy atom. The van der Waals surface area contributed by atoms with Gasteiger partial charge < -0.3 is 10.6 Å². The van der Waals surface area contributed by atoms with Crippen LogP contribution in [0.5, 0.6) is 0 Å². The van der Waals surface area contributed by atoms with Crippen LogP contribution in [0.2, 0.25) is 0 Å². The number of carbonyl (C=O) groups excluding carboxylic acids is 1. The predicted octanol–water partition coefficient (Wildman–Crippen LogP) is 4.95. The number of alkyl halides is 3. The third kappa shape index (κ3) is 5.25. The number of carbonyl (C=O) groups is 1. The molecule has 2 atom stereocenters. The first kappa shape index (κ1) is 24.4. The molecule has 0 aromatic carbocycles. The third-order valence-corrected chi connectivity index (χ3v) is 5.41. The molecule has 7 heteroatoms. The summed E-state index contributed by atoms with van der Waals surface area (Å²) >= 11 is 0. The molecule has 1 amide bonds. The van der Waals surface area contributed by atoms with Gasteiger partial charge >= 0.3 is 6.18 Å². The molecule has 1 aromatic rings. The van der Waals surface area contributed by atoms with Crippen molar-refractivity contribution in [3.63, 3.8) is 0 Å². The van der Waals surface area contributed by atoms with E-state index in [-0.39, 0.29) is 18.5 Å². The molecule has 0 saturated heterocycles. The lowest BCUT2D eigenvalue weighted by atomic mass is 9.81. The SMILES string of the molecule is CC.CC.CC[C@]1(C(=O)N2CCc3ccc(C(F)(F)F)nc3C2)CCC(N)C1. The maximum atomic E-state index is 13.0. The van der Waals surface area contributed by atoms with Crippen LogP contribution in [0.1, 0.15) is 77.3 Å². The molecule has 160 valence electrons. The molecule has 3 rings (SSSR count). The van der Waals surface area contributed by atoms with E-state index in [4.69, 9.17) is 5.73 Å². The summed E-state index contributed by atoms with van der Waals surface area (Å²) in [6.45, 7) is 10.7. The van der Waals surface area contributed by atoms with Crippen LogP contribution >= 0.6 is 0 Å². The molecule has 1 aliphatic carbocycles. The number of halogens is 3. The molecule has 1 unspecified atom stereocenters. The minimum Gasteiger partial charge on any atom is -0.336 e. The molecular weight excluding hydrogens is 367 g/mol. The van der Waals surface area contributed by atoms with Crippen molar-refractivity contribution >= 4 is 5.91 Å². The molecule has 2 heterocycles. The molecule has 1 aliphatic heterocycles. The lowest BCUT2D eigenvalue weighted by Gasteiger charge is -2.36. The van der Waals surface area contributed by atoms with Crippen molar-refractivity contribution in [3.05, 3.63) is 29.1 Å². The first-order chi connectivity index (χ1) is 13.2. The number of amides is 1. The summed E-state index contributed by atoms with van der Waals surface area (Å²) in [6.07, 6.45) is -0.994. The largest absolute Gasteiger partial charge is 0.433 e. The van der Waals surface area contributed by atoms with Gasteiger partial charge in [-0.3, -0.25) is 4.79 Å². The quantitative estimate of drug-likeness (QED) is 0.763. The van der Waals surface area contributed by atoms with Crippen LogP contribution in [0.4, 0.5) is 13.2 Å². The van der Waals surface area contributed by atoms with Gasteiger partial charge in [-0.2, -0.15) is 13.2 Å². The molecule has 0 radical (unpaired) electrons. The van der Waals surface area contributed by atoms with E-state index >= 15 is 0 Å². The summed E-state index contributed by atoms with van der Waals surface area (Å²) in [4.78, 5) is 18.4. The van der Waals surface area contributed by atoms with E-state index in [1.807, 2.05) is 34.6 Å². The Kier molecular flexibility index (Phi) is 8.92. The number of pyridine rings is 1. The Hall–Kier alpha value is -1.63. The zero-order valence-electron chi connectivity index (χ0n) is 17.7. The zero-order valence-corrected chi connectivity index (χ0v) is 17.7. The lowest BCUT2D eigenvalue weighted by molar-refractivity contribution is -0.143. The van der Waals surface area contributed by atoms with Crippen LogP contribution in [0, 0.1) is 5.41 Å². The highest BCUT2D eigenvalue weighted by molar-refractivity contribution is 5.83. The standard InChI is InChI=1S/C17H22F3N3O.2C2H6/c1-2-16(7-5-12(21)9-16)15(24)23-8-6-11-3-4-14(17(18,19)20)22-13(11)10-23;2*1-2/h3-4,12H,2,5-10,21H2,1H3;2*1-2H3/t12?,16-;;/m0../s1. The van der Waals surface area contributed by atoms with E-state index in [1.165, 1.54) is 6.07 Å². The molecule has 2 N–H and O–H groups in total. The third-order valence-electron chi connectivity index (χ3n) is 5.41. The molecule has 28 heavy (non-hydrogen) atoms. The van der Waals surface area contributed by atoms with E-state index in [1.54, 1.807) is 4.90 Å². The highest BCUT2D eigenvalue weighted by atomic mass is 19.4. The summed E-state index contributed by atoms with van der Waals surface area (Å²) in [5, 5.41) is 0. The summed E-state index contributed by atoms with van der Waals surface area (Å²) in [5.41, 5.74) is 5.78. The smallest absolute Gasteiger partial charge is 0.336 e. The average Bonchev–Trinajstić information content (AvgIpc) is 3.11. The van der Waals surface area contributed by atoms with Gasteiger partial charge in [-0.05, 0) is 43.7 Å². The highest BCUT2D eigenvalue weighted by Crippen LogP contribution is 2.42. The normalized spacial score (nSPS) is 23.8. The van der Waals surface area contributed by atoms with Crippen LogP contribution in [-0.4, -0.2) is 28.4 Å². The molecular formula is C21H34F3N3O. The Morgan fingerprint density at radius 1 is 1.29 bits per heavy atom. The van der Waals surface area contributed by atoms with Crippen LogP contribution in [-0.2, 0) is 23.9 Å². The van der Waals surface area contributed by atoms with Gasteiger partial charge in [0, 0.05) is 12.6 Å². The van der Waals surface area contributed by atoms with Crippen molar-refractivity contribution < 1.29 is 18.0 Å². The maximum absolute atomic E-state index is 13.0. The highest BCUT2D eigenvalue weighted by Gasteiger charge is 2.45. The number of hydrogen-bond acceptors (Lipinski definition) is 3. The van der Waals surface area contributed by atoms with E-state index in [0.717, 1.165) is 24.5 Å². The van der Waals surface area contributed by atoms with Crippen molar-refractivity contribution in [2.75, 3.05) is 6.54 Å². The number of nitrogens with two attached hydrogens (primary N) is 1. The van der Waals surface area contributed by atoms with Gasteiger partial charge in [0.05, 0.1) is 17.7 Å². The zero-order chi connectivity index (χ0) is 21.5. The van der Waals surface area contributed by atoms with Gasteiger partial charge in [0.2, 0.25) is 5.91 Å². The Labute approximate surface area is 166 Å². The van der Waals surface area contributed by atoms with Crippen LogP contribution < -0.4 is 5.73 Å². The first-order valence-electron chi connectivity index (χ1n) is 10.4. The number of aromatic nitrogens is 1. The second kappa shape index (κ2) is 10.2. The van der Waals surface area contributed by atoms with Gasteiger partial charge in [-0.25, -0.2) is 4.98 Å². The van der Waals surface area contributed by atoms with Crippen molar-refractivity contribution in [1.82, 2.24) is 9.88 Å². The van der Waals surface area contributed by atoms with E-state index in [0.29, 0.717) is 31.5 Å². The summed E-state index contributed by atoms with van der Waals surface area (Å²) in [7, 11) is 0. The first-order valence-corrected chi connectivity index (χ1v) is 10.4. The van der Waals surface area contributed by atoms with Gasteiger partial charge in [-0.1, -0.05) is 40.7 Å². The van der Waals surface area contributed by atoms with Crippen molar-refractivity contribution in [2.45, 2.75) is 85.5 Å². The topological polar surface area (TPSA) is 59.2 Å². The van der Waals surface area contributed by atoms with Crippen LogP contribution in [0.15, 0.2) is 12.1 Å². The summed E-state index contributed by atoms with van der Waals surface area (Å²) in [6, 6.07) is 2.52. The lowest BCUT2D eigenvalue weighted by Crippen LogP contribution is -2.45. The molecule has 4 nitrogen and oxygen atoms in total. The van der Waals surface area contributed by atoms with Gasteiger partial charge in [0.1, 0.15) is 5.69 Å². The Bertz CT molecular complexity index is 648. The van der Waals surface area contributed by atoms with Crippen molar-refractivity contribution in [1.29, 1.82) is 0 Å². The van der Waals surface area contributed by atoms with Crippen molar-refractivity contribution in [3.8, 4) is 0 Å². The number of nitrogens with zero attached hydrogens (tertiary/aromatic N) is 2. The van der Waals surface area contributed by atoms with Crippen molar-refractivity contribution in [2.24, 2.45) is 11.1 Å². The second-order valence-corrected chi connectivity index (χ2v) is 6.91. The fourth-order valence-corrected chi connectivity index (χ4v) is 3.91.